The van der Waals surface area contributed by atoms with Crippen LogP contribution < -0.4 is 10.5 Å². The fourth-order valence-corrected chi connectivity index (χ4v) is 2.59. The molecular weight excluding hydrogens is 287 g/mol. The maximum atomic E-state index is 13.1. The summed E-state index contributed by atoms with van der Waals surface area (Å²) < 4.78 is 18.7. The van der Waals surface area contributed by atoms with Crippen molar-refractivity contribution in [2.24, 2.45) is 11.7 Å². The van der Waals surface area contributed by atoms with Crippen molar-refractivity contribution < 1.29 is 18.7 Å². The predicted octanol–water partition coefficient (Wildman–Crippen LogP) is 1.71. The molecule has 0 aliphatic carbocycles. The van der Waals surface area contributed by atoms with E-state index in [0.717, 1.165) is 12.8 Å². The van der Waals surface area contributed by atoms with Crippen molar-refractivity contribution in [3.63, 3.8) is 0 Å². The highest BCUT2D eigenvalue weighted by Crippen LogP contribution is 2.20. The zero-order valence-corrected chi connectivity index (χ0v) is 12.5. The molecule has 0 spiro atoms. The number of nitrogens with zero attached hydrogens (tertiary/aromatic N) is 1. The molecular formula is C16H21FN2O3. The lowest BCUT2D eigenvalue weighted by Gasteiger charge is -2.32. The Morgan fingerprint density at radius 1 is 1.36 bits per heavy atom. The van der Waals surface area contributed by atoms with Crippen molar-refractivity contribution in [3.8, 4) is 5.75 Å². The van der Waals surface area contributed by atoms with Gasteiger partial charge >= 0.3 is 0 Å². The summed E-state index contributed by atoms with van der Waals surface area (Å²) >= 11 is 0. The zero-order chi connectivity index (χ0) is 15.9. The maximum absolute atomic E-state index is 13.1. The highest BCUT2D eigenvalue weighted by atomic mass is 19.1. The van der Waals surface area contributed by atoms with Crippen LogP contribution in [0.1, 0.15) is 25.7 Å². The molecule has 0 bridgehead atoms. The van der Waals surface area contributed by atoms with Gasteiger partial charge in [0.15, 0.2) is 0 Å². The van der Waals surface area contributed by atoms with Crippen LogP contribution in [-0.4, -0.2) is 36.4 Å². The van der Waals surface area contributed by atoms with Crippen LogP contribution in [0, 0.1) is 11.7 Å². The van der Waals surface area contributed by atoms with E-state index in [4.69, 9.17) is 10.5 Å². The van der Waals surface area contributed by atoms with Crippen LogP contribution in [0.15, 0.2) is 24.3 Å². The first-order valence-corrected chi connectivity index (χ1v) is 7.49. The molecule has 0 radical (unpaired) electrons. The molecule has 22 heavy (non-hydrogen) atoms. The van der Waals surface area contributed by atoms with Crippen molar-refractivity contribution in [1.29, 1.82) is 0 Å². The number of halogens is 1. The minimum absolute atomic E-state index is 0.0470. The molecule has 2 amide bonds. The molecule has 1 saturated heterocycles. The van der Waals surface area contributed by atoms with Gasteiger partial charge in [-0.25, -0.2) is 4.39 Å². The van der Waals surface area contributed by atoms with Gasteiger partial charge in [-0.3, -0.25) is 9.59 Å². The Balaban J connectivity index is 1.80. The second-order valence-electron chi connectivity index (χ2n) is 5.58. The molecule has 0 unspecified atom stereocenters. The fraction of sp³-hybridized carbons (Fsp3) is 0.500. The number of primary amides is 1. The molecule has 2 N–H and O–H groups in total. The molecule has 5 nitrogen and oxygen atoms in total. The number of ether oxygens (including phenoxy) is 1. The quantitative estimate of drug-likeness (QED) is 0.869. The molecule has 0 aromatic heterocycles. The average Bonchev–Trinajstić information content (AvgIpc) is 2.51. The number of benzene rings is 1. The number of rotatable bonds is 6. The van der Waals surface area contributed by atoms with E-state index in [0.29, 0.717) is 25.4 Å². The lowest BCUT2D eigenvalue weighted by Crippen LogP contribution is -2.41. The highest BCUT2D eigenvalue weighted by molar-refractivity contribution is 5.82. The molecule has 1 aliphatic rings. The van der Waals surface area contributed by atoms with Gasteiger partial charge < -0.3 is 15.4 Å². The van der Waals surface area contributed by atoms with Crippen molar-refractivity contribution in [2.45, 2.75) is 25.7 Å². The van der Waals surface area contributed by atoms with E-state index >= 15 is 0 Å². The third-order valence-corrected chi connectivity index (χ3v) is 3.74. The van der Waals surface area contributed by atoms with Crippen molar-refractivity contribution in [2.75, 3.05) is 19.7 Å². The summed E-state index contributed by atoms with van der Waals surface area (Å²) in [5.41, 5.74) is 5.06. The molecule has 6 heteroatoms. The number of carbonyl (C=O) groups is 2. The summed E-state index contributed by atoms with van der Waals surface area (Å²) in [5.74, 6) is -0.123. The summed E-state index contributed by atoms with van der Waals surface area (Å²) in [6.45, 7) is 1.75. The number of carbonyl (C=O) groups excluding carboxylic acids is 2. The summed E-state index contributed by atoms with van der Waals surface area (Å²) in [7, 11) is 0. The Bertz CT molecular complexity index is 536. The van der Waals surface area contributed by atoms with Crippen LogP contribution >= 0.6 is 0 Å². The van der Waals surface area contributed by atoms with Gasteiger partial charge in [-0.2, -0.15) is 0 Å². The Labute approximate surface area is 129 Å². The number of piperidine rings is 1. The molecule has 120 valence electrons. The summed E-state index contributed by atoms with van der Waals surface area (Å²) in [4.78, 5) is 24.5. The van der Waals surface area contributed by atoms with E-state index < -0.39 is 5.91 Å². The van der Waals surface area contributed by atoms with Gasteiger partial charge in [0.05, 0.1) is 6.61 Å². The average molecular weight is 308 g/mol. The molecule has 1 aromatic rings. The number of nitrogens with two attached hydrogens (primary N) is 1. The van der Waals surface area contributed by atoms with Crippen LogP contribution in [0.5, 0.6) is 5.75 Å². The second kappa shape index (κ2) is 7.77. The highest BCUT2D eigenvalue weighted by Gasteiger charge is 2.24. The monoisotopic (exact) mass is 308 g/mol. The summed E-state index contributed by atoms with van der Waals surface area (Å²) in [5, 5.41) is 0. The van der Waals surface area contributed by atoms with Crippen molar-refractivity contribution >= 4 is 11.8 Å². The van der Waals surface area contributed by atoms with Crippen LogP contribution in [0.3, 0.4) is 0 Å². The van der Waals surface area contributed by atoms with Gasteiger partial charge in [0.2, 0.25) is 11.8 Å². The van der Waals surface area contributed by atoms with Crippen molar-refractivity contribution in [1.82, 2.24) is 4.90 Å². The lowest BCUT2D eigenvalue weighted by atomic mass is 9.98. The molecule has 1 atom stereocenters. The van der Waals surface area contributed by atoms with Gasteiger partial charge in [0.1, 0.15) is 11.6 Å². The molecule has 1 fully saturated rings. The van der Waals surface area contributed by atoms with E-state index in [-0.39, 0.29) is 30.5 Å². The van der Waals surface area contributed by atoms with E-state index in [2.05, 4.69) is 0 Å². The number of hydrogen-bond acceptors (Lipinski definition) is 3. The Hall–Kier alpha value is -2.11. The fourth-order valence-electron chi connectivity index (χ4n) is 2.59. The molecule has 1 aliphatic heterocycles. The first kappa shape index (κ1) is 16.3. The van der Waals surface area contributed by atoms with Crippen LogP contribution in [0.4, 0.5) is 4.39 Å². The molecule has 1 aromatic carbocycles. The van der Waals surface area contributed by atoms with E-state index in [1.54, 1.807) is 17.0 Å². The topological polar surface area (TPSA) is 72.6 Å². The molecule has 2 rings (SSSR count). The molecule has 1 heterocycles. The number of amides is 2. The van der Waals surface area contributed by atoms with Crippen molar-refractivity contribution in [3.05, 3.63) is 30.1 Å². The van der Waals surface area contributed by atoms with Crippen LogP contribution in [-0.2, 0) is 9.59 Å². The smallest absolute Gasteiger partial charge is 0.223 e. The van der Waals surface area contributed by atoms with Crippen LogP contribution in [0.2, 0.25) is 0 Å². The summed E-state index contributed by atoms with van der Waals surface area (Å²) in [6, 6.07) is 6.03. The van der Waals surface area contributed by atoms with E-state index in [1.807, 2.05) is 0 Å². The largest absolute Gasteiger partial charge is 0.493 e. The second-order valence-corrected chi connectivity index (χ2v) is 5.58. The standard InChI is InChI=1S/C16H21FN2O3/c17-13-4-1-5-14(9-13)22-11-12-3-2-8-19(10-12)16(21)7-6-15(18)20/h1,4-5,9,12H,2-3,6-8,10-11H2,(H2,18,20)/t12-/m1/s1. The molecule has 0 saturated carbocycles. The third-order valence-electron chi connectivity index (χ3n) is 3.74. The normalized spacial score (nSPS) is 18.0. The minimum atomic E-state index is -0.462. The lowest BCUT2D eigenvalue weighted by molar-refractivity contribution is -0.134. The third kappa shape index (κ3) is 5.02. The number of hydrogen-bond donors (Lipinski definition) is 1. The van der Waals surface area contributed by atoms with Gasteiger partial charge in [0, 0.05) is 37.9 Å². The Kier molecular flexibility index (Phi) is 5.75. The SMILES string of the molecule is NC(=O)CCC(=O)N1CCC[C@@H](COc2cccc(F)c2)C1. The first-order valence-electron chi connectivity index (χ1n) is 7.49. The van der Waals surface area contributed by atoms with Gasteiger partial charge in [-0.1, -0.05) is 6.07 Å². The number of likely N-dealkylation sites (tertiary alicyclic amines) is 1. The van der Waals surface area contributed by atoms with Gasteiger partial charge in [0.25, 0.3) is 0 Å². The minimum Gasteiger partial charge on any atom is -0.493 e. The maximum Gasteiger partial charge on any atom is 0.223 e. The zero-order valence-electron chi connectivity index (χ0n) is 12.5. The van der Waals surface area contributed by atoms with Gasteiger partial charge in [-0.05, 0) is 25.0 Å². The van der Waals surface area contributed by atoms with Crippen LogP contribution in [0.25, 0.3) is 0 Å². The van der Waals surface area contributed by atoms with Gasteiger partial charge in [-0.15, -0.1) is 0 Å². The Morgan fingerprint density at radius 2 is 2.18 bits per heavy atom. The van der Waals surface area contributed by atoms with E-state index in [9.17, 15) is 14.0 Å². The Morgan fingerprint density at radius 3 is 2.91 bits per heavy atom. The predicted molar refractivity (Wildman–Crippen MR) is 79.6 cm³/mol. The summed E-state index contributed by atoms with van der Waals surface area (Å²) in [6.07, 6.45) is 2.11. The first-order chi connectivity index (χ1) is 10.5. The van der Waals surface area contributed by atoms with E-state index in [1.165, 1.54) is 12.1 Å².